The van der Waals surface area contributed by atoms with Crippen molar-refractivity contribution in [1.29, 1.82) is 0 Å². The van der Waals surface area contributed by atoms with Gasteiger partial charge >= 0.3 is 0 Å². The van der Waals surface area contributed by atoms with Gasteiger partial charge in [0.25, 0.3) is 15.9 Å². The molecule has 8 heteroatoms. The molecule has 0 unspecified atom stereocenters. The van der Waals surface area contributed by atoms with Crippen LogP contribution in [0.4, 0.5) is 11.4 Å². The van der Waals surface area contributed by atoms with E-state index in [1.54, 1.807) is 55.5 Å². The number of hydrogen-bond donors (Lipinski definition) is 1. The number of para-hydroxylation sites is 2. The summed E-state index contributed by atoms with van der Waals surface area (Å²) in [6.07, 6.45) is 0. The van der Waals surface area contributed by atoms with Gasteiger partial charge in [0.05, 0.1) is 31.9 Å². The Morgan fingerprint density at radius 3 is 2.24 bits per heavy atom. The minimum absolute atomic E-state index is 0.0306. The van der Waals surface area contributed by atoms with Gasteiger partial charge in [0.1, 0.15) is 0 Å². The fourth-order valence-corrected chi connectivity index (χ4v) is 4.69. The average Bonchev–Trinajstić information content (AvgIpc) is 2.71. The molecule has 3 aromatic rings. The quantitative estimate of drug-likeness (QED) is 0.544. The highest BCUT2D eigenvalue weighted by Gasteiger charge is 2.25. The summed E-state index contributed by atoms with van der Waals surface area (Å²) in [6.45, 7) is 1.97. The molecule has 5 nitrogen and oxygen atoms in total. The Hall–Kier alpha value is -2.54. The topological polar surface area (TPSA) is 66.5 Å². The number of carbonyl (C=O) groups excluding carboxylic acids is 1. The highest BCUT2D eigenvalue weighted by molar-refractivity contribution is 7.92. The second kappa shape index (κ2) is 8.86. The summed E-state index contributed by atoms with van der Waals surface area (Å²) in [6, 6.07) is 19.6. The molecule has 0 aliphatic carbocycles. The fraction of sp³-hybridized carbons (Fsp3) is 0.0952. The molecule has 0 saturated carbocycles. The van der Waals surface area contributed by atoms with Crippen molar-refractivity contribution >= 4 is 50.5 Å². The third-order valence-electron chi connectivity index (χ3n) is 4.22. The maximum atomic E-state index is 13.2. The van der Waals surface area contributed by atoms with E-state index in [9.17, 15) is 13.2 Å². The van der Waals surface area contributed by atoms with E-state index in [-0.39, 0.29) is 22.0 Å². The van der Waals surface area contributed by atoms with Crippen molar-refractivity contribution in [2.75, 3.05) is 16.2 Å². The SMILES string of the molecule is CCN(c1ccccc1)S(=O)(=O)c1ccc(Cl)c(C(=O)Nc2ccccc2Cl)c1. The molecular formula is C21H18Cl2N2O3S. The number of benzene rings is 3. The number of rotatable bonds is 6. The average molecular weight is 449 g/mol. The molecule has 0 atom stereocenters. The Morgan fingerprint density at radius 2 is 1.59 bits per heavy atom. The van der Waals surface area contributed by atoms with E-state index >= 15 is 0 Å². The number of carbonyl (C=O) groups is 1. The molecule has 0 saturated heterocycles. The zero-order valence-electron chi connectivity index (χ0n) is 15.5. The number of amides is 1. The van der Waals surface area contributed by atoms with Crippen LogP contribution in [0, 0.1) is 0 Å². The molecule has 0 aliphatic heterocycles. The van der Waals surface area contributed by atoms with Crippen LogP contribution in [0.15, 0.2) is 77.7 Å². The summed E-state index contributed by atoms with van der Waals surface area (Å²) in [5.74, 6) is -0.553. The lowest BCUT2D eigenvalue weighted by molar-refractivity contribution is 0.102. The first kappa shape index (κ1) is 21.2. The van der Waals surface area contributed by atoms with Crippen molar-refractivity contribution in [3.63, 3.8) is 0 Å². The van der Waals surface area contributed by atoms with Crippen LogP contribution in [0.2, 0.25) is 10.0 Å². The smallest absolute Gasteiger partial charge is 0.264 e. The van der Waals surface area contributed by atoms with E-state index in [2.05, 4.69) is 5.32 Å². The zero-order chi connectivity index (χ0) is 21.0. The van der Waals surface area contributed by atoms with Crippen molar-refractivity contribution < 1.29 is 13.2 Å². The van der Waals surface area contributed by atoms with Gasteiger partial charge in [-0.15, -0.1) is 0 Å². The van der Waals surface area contributed by atoms with Crippen LogP contribution < -0.4 is 9.62 Å². The molecule has 0 aliphatic rings. The minimum Gasteiger partial charge on any atom is -0.321 e. The van der Waals surface area contributed by atoms with E-state index in [0.717, 1.165) is 0 Å². The van der Waals surface area contributed by atoms with Crippen LogP contribution in [0.25, 0.3) is 0 Å². The maximum Gasteiger partial charge on any atom is 0.264 e. The lowest BCUT2D eigenvalue weighted by atomic mass is 10.2. The van der Waals surface area contributed by atoms with Crippen molar-refractivity contribution in [3.8, 4) is 0 Å². The van der Waals surface area contributed by atoms with Gasteiger partial charge in [-0.25, -0.2) is 8.42 Å². The van der Waals surface area contributed by atoms with Gasteiger partial charge in [-0.1, -0.05) is 53.5 Å². The van der Waals surface area contributed by atoms with Gasteiger partial charge in [-0.3, -0.25) is 9.10 Å². The molecule has 0 heterocycles. The number of nitrogens with one attached hydrogen (secondary N) is 1. The number of hydrogen-bond acceptors (Lipinski definition) is 3. The second-order valence-corrected chi connectivity index (χ2v) is 8.76. The highest BCUT2D eigenvalue weighted by Crippen LogP contribution is 2.28. The molecule has 0 radical (unpaired) electrons. The molecular weight excluding hydrogens is 431 g/mol. The van der Waals surface area contributed by atoms with E-state index in [1.807, 2.05) is 6.07 Å². The molecule has 150 valence electrons. The summed E-state index contributed by atoms with van der Waals surface area (Å²) in [7, 11) is -3.89. The second-order valence-electron chi connectivity index (χ2n) is 6.08. The van der Waals surface area contributed by atoms with Gasteiger partial charge in [0.15, 0.2) is 0 Å². The third-order valence-corrected chi connectivity index (χ3v) is 6.78. The number of sulfonamides is 1. The first-order chi connectivity index (χ1) is 13.8. The van der Waals surface area contributed by atoms with Crippen molar-refractivity contribution in [3.05, 3.63) is 88.4 Å². The van der Waals surface area contributed by atoms with E-state index < -0.39 is 15.9 Å². The predicted octanol–water partition coefficient (Wildman–Crippen LogP) is 5.46. The van der Waals surface area contributed by atoms with E-state index in [4.69, 9.17) is 23.2 Å². The molecule has 29 heavy (non-hydrogen) atoms. The van der Waals surface area contributed by atoms with Crippen LogP contribution in [-0.2, 0) is 10.0 Å². The molecule has 0 bridgehead atoms. The van der Waals surface area contributed by atoms with Gasteiger partial charge in [-0.05, 0) is 49.4 Å². The third kappa shape index (κ3) is 4.56. The van der Waals surface area contributed by atoms with Crippen LogP contribution in [-0.4, -0.2) is 20.9 Å². The normalized spacial score (nSPS) is 11.1. The number of nitrogens with zero attached hydrogens (tertiary/aromatic N) is 1. The van der Waals surface area contributed by atoms with Crippen LogP contribution in [0.3, 0.4) is 0 Å². The molecule has 0 spiro atoms. The lowest BCUT2D eigenvalue weighted by Gasteiger charge is -2.23. The van der Waals surface area contributed by atoms with Gasteiger partial charge in [0, 0.05) is 6.54 Å². The van der Waals surface area contributed by atoms with E-state index in [0.29, 0.717) is 16.4 Å². The number of halogens is 2. The molecule has 1 N–H and O–H groups in total. The van der Waals surface area contributed by atoms with Gasteiger partial charge in [-0.2, -0.15) is 0 Å². The Bertz CT molecular complexity index is 1140. The van der Waals surface area contributed by atoms with Crippen LogP contribution in [0.5, 0.6) is 0 Å². The zero-order valence-corrected chi connectivity index (χ0v) is 17.8. The summed E-state index contributed by atoms with van der Waals surface area (Å²) in [4.78, 5) is 12.7. The first-order valence-corrected chi connectivity index (χ1v) is 11.0. The lowest BCUT2D eigenvalue weighted by Crippen LogP contribution is -2.31. The fourth-order valence-electron chi connectivity index (χ4n) is 2.80. The highest BCUT2D eigenvalue weighted by atomic mass is 35.5. The van der Waals surface area contributed by atoms with Crippen LogP contribution >= 0.6 is 23.2 Å². The van der Waals surface area contributed by atoms with Crippen molar-refractivity contribution in [1.82, 2.24) is 0 Å². The summed E-state index contributed by atoms with van der Waals surface area (Å²) < 4.78 is 27.7. The maximum absolute atomic E-state index is 13.2. The Morgan fingerprint density at radius 1 is 0.931 bits per heavy atom. The largest absolute Gasteiger partial charge is 0.321 e. The van der Waals surface area contributed by atoms with Gasteiger partial charge in [0.2, 0.25) is 0 Å². The molecule has 3 rings (SSSR count). The molecule has 1 amide bonds. The van der Waals surface area contributed by atoms with Crippen molar-refractivity contribution in [2.24, 2.45) is 0 Å². The summed E-state index contributed by atoms with van der Waals surface area (Å²) in [5.41, 5.74) is 0.978. The minimum atomic E-state index is -3.89. The monoisotopic (exact) mass is 448 g/mol. The Kier molecular flexibility index (Phi) is 6.47. The molecule has 0 aromatic heterocycles. The Balaban J connectivity index is 1.97. The molecule has 3 aromatic carbocycles. The summed E-state index contributed by atoms with van der Waals surface area (Å²) >= 11 is 12.3. The Labute approximate surface area is 179 Å². The predicted molar refractivity (Wildman–Crippen MR) is 118 cm³/mol. The standard InChI is InChI=1S/C21H18Cl2N2O3S/c1-2-25(15-8-4-3-5-9-15)29(27,28)16-12-13-18(22)17(14-16)21(26)24-20-11-7-6-10-19(20)23/h3-14H,2H2,1H3,(H,24,26). The first-order valence-electron chi connectivity index (χ1n) is 8.78. The van der Waals surface area contributed by atoms with Crippen molar-refractivity contribution in [2.45, 2.75) is 11.8 Å². The van der Waals surface area contributed by atoms with Crippen LogP contribution in [0.1, 0.15) is 17.3 Å². The summed E-state index contributed by atoms with van der Waals surface area (Å²) in [5, 5.41) is 3.16. The van der Waals surface area contributed by atoms with E-state index in [1.165, 1.54) is 22.5 Å². The molecule has 0 fully saturated rings. The number of anilines is 2. The van der Waals surface area contributed by atoms with Gasteiger partial charge < -0.3 is 5.32 Å².